The molecule has 3 heterocycles. The molecule has 0 fully saturated rings. The van der Waals surface area contributed by atoms with Crippen molar-refractivity contribution in [3.05, 3.63) is 42.3 Å². The highest BCUT2D eigenvalue weighted by atomic mass is 32.1. The molecule has 0 saturated carbocycles. The van der Waals surface area contributed by atoms with Crippen molar-refractivity contribution in [2.75, 3.05) is 19.5 Å². The lowest BCUT2D eigenvalue weighted by atomic mass is 10.3. The van der Waals surface area contributed by atoms with E-state index in [0.29, 0.717) is 33.7 Å². The van der Waals surface area contributed by atoms with E-state index in [4.69, 9.17) is 18.4 Å². The monoisotopic (exact) mass is 371 g/mol. The molecular formula is C17H13N3O5S. The van der Waals surface area contributed by atoms with Crippen LogP contribution >= 0.6 is 11.3 Å². The number of hydrogen-bond donors (Lipinski definition) is 1. The summed E-state index contributed by atoms with van der Waals surface area (Å²) < 4.78 is 21.8. The maximum atomic E-state index is 12.4. The number of carbonyl (C=O) groups excluding carboxylic acids is 1. The number of rotatable bonds is 5. The molecule has 0 bridgehead atoms. The molecule has 1 aromatic carbocycles. The maximum Gasteiger partial charge on any atom is 0.279 e. The predicted octanol–water partition coefficient (Wildman–Crippen LogP) is 3.81. The summed E-state index contributed by atoms with van der Waals surface area (Å²) in [5.74, 6) is 1.67. The van der Waals surface area contributed by atoms with Gasteiger partial charge < -0.3 is 18.4 Å². The number of thiazole rings is 1. The summed E-state index contributed by atoms with van der Waals surface area (Å²) in [5, 5.41) is 6.88. The Balaban J connectivity index is 1.62. The van der Waals surface area contributed by atoms with Gasteiger partial charge >= 0.3 is 0 Å². The summed E-state index contributed by atoms with van der Waals surface area (Å²) in [6.45, 7) is 0. The zero-order valence-corrected chi connectivity index (χ0v) is 14.6. The van der Waals surface area contributed by atoms with E-state index >= 15 is 0 Å². The summed E-state index contributed by atoms with van der Waals surface area (Å²) in [4.78, 5) is 16.8. The molecule has 8 nitrogen and oxygen atoms in total. The van der Waals surface area contributed by atoms with E-state index in [1.807, 2.05) is 0 Å². The summed E-state index contributed by atoms with van der Waals surface area (Å²) in [6.07, 6.45) is 1.51. The molecular weight excluding hydrogens is 358 g/mol. The normalized spacial score (nSPS) is 10.8. The van der Waals surface area contributed by atoms with Crippen LogP contribution in [-0.4, -0.2) is 30.3 Å². The lowest BCUT2D eigenvalue weighted by molar-refractivity contribution is 0.101. The van der Waals surface area contributed by atoms with Crippen molar-refractivity contribution in [2.45, 2.75) is 0 Å². The number of ether oxygens (including phenoxy) is 2. The van der Waals surface area contributed by atoms with Crippen LogP contribution in [0.4, 0.5) is 5.13 Å². The fraction of sp³-hybridized carbons (Fsp3) is 0.118. The van der Waals surface area contributed by atoms with Crippen LogP contribution in [0.5, 0.6) is 11.5 Å². The molecule has 132 valence electrons. The number of anilines is 1. The molecule has 0 unspecified atom stereocenters. The van der Waals surface area contributed by atoms with Gasteiger partial charge in [-0.15, -0.1) is 0 Å². The highest BCUT2D eigenvalue weighted by Gasteiger charge is 2.19. The van der Waals surface area contributed by atoms with Gasteiger partial charge in [0, 0.05) is 6.07 Å². The van der Waals surface area contributed by atoms with E-state index in [0.717, 1.165) is 4.70 Å². The van der Waals surface area contributed by atoms with Crippen molar-refractivity contribution < 1.29 is 23.2 Å². The first-order chi connectivity index (χ1) is 12.7. The lowest BCUT2D eigenvalue weighted by Crippen LogP contribution is -2.11. The van der Waals surface area contributed by atoms with Gasteiger partial charge in [0.15, 0.2) is 16.6 Å². The van der Waals surface area contributed by atoms with Crippen LogP contribution in [0.25, 0.3) is 21.7 Å². The van der Waals surface area contributed by atoms with Crippen LogP contribution in [0.2, 0.25) is 0 Å². The average Bonchev–Trinajstić information content (AvgIpc) is 3.39. The van der Waals surface area contributed by atoms with E-state index in [1.54, 1.807) is 38.5 Å². The van der Waals surface area contributed by atoms with Crippen molar-refractivity contribution in [1.29, 1.82) is 0 Å². The number of benzene rings is 1. The first kappa shape index (κ1) is 16.2. The summed E-state index contributed by atoms with van der Waals surface area (Å²) in [7, 11) is 3.13. The minimum atomic E-state index is -0.441. The molecule has 1 amide bonds. The molecule has 4 rings (SSSR count). The number of nitrogens with one attached hydrogen (secondary N) is 1. The second kappa shape index (κ2) is 6.52. The third kappa shape index (κ3) is 2.78. The van der Waals surface area contributed by atoms with Gasteiger partial charge in [0.05, 0.1) is 20.5 Å². The smallest absolute Gasteiger partial charge is 0.279 e. The number of fused-ring (bicyclic) bond motifs is 1. The van der Waals surface area contributed by atoms with Crippen molar-refractivity contribution in [1.82, 2.24) is 10.1 Å². The quantitative estimate of drug-likeness (QED) is 0.569. The minimum absolute atomic E-state index is 0.120. The Labute approximate surface area is 151 Å². The Kier molecular flexibility index (Phi) is 4.05. The van der Waals surface area contributed by atoms with Crippen LogP contribution < -0.4 is 14.8 Å². The summed E-state index contributed by atoms with van der Waals surface area (Å²) >= 11 is 1.28. The lowest BCUT2D eigenvalue weighted by Gasteiger charge is -2.03. The van der Waals surface area contributed by atoms with Gasteiger partial charge in [0.25, 0.3) is 5.91 Å². The molecule has 0 saturated heterocycles. The van der Waals surface area contributed by atoms with Gasteiger partial charge in [-0.1, -0.05) is 16.5 Å². The molecule has 0 radical (unpaired) electrons. The number of amides is 1. The predicted molar refractivity (Wildman–Crippen MR) is 94.9 cm³/mol. The van der Waals surface area contributed by atoms with Gasteiger partial charge in [-0.05, 0) is 24.3 Å². The first-order valence-corrected chi connectivity index (χ1v) is 8.34. The minimum Gasteiger partial charge on any atom is -0.495 e. The molecule has 0 atom stereocenters. The summed E-state index contributed by atoms with van der Waals surface area (Å²) in [5.41, 5.74) is 0.734. The summed E-state index contributed by atoms with van der Waals surface area (Å²) in [6, 6.07) is 8.49. The van der Waals surface area contributed by atoms with Crippen molar-refractivity contribution in [3.63, 3.8) is 0 Å². The average molecular weight is 371 g/mol. The standard InChI is InChI=1S/C17H13N3O5S/c1-22-11-5-6-12(23-2)15-14(11)18-17(26-15)19-16(21)9-8-13(25-20-9)10-4-3-7-24-10/h3-8H,1-2H3,(H,18,19,21). The highest BCUT2D eigenvalue weighted by molar-refractivity contribution is 7.22. The van der Waals surface area contributed by atoms with Crippen LogP contribution in [0.3, 0.4) is 0 Å². The Morgan fingerprint density at radius 1 is 1.15 bits per heavy atom. The Morgan fingerprint density at radius 3 is 2.69 bits per heavy atom. The fourth-order valence-corrected chi connectivity index (χ4v) is 3.39. The Bertz CT molecular complexity index is 1030. The molecule has 1 N–H and O–H groups in total. The molecule has 3 aromatic heterocycles. The molecule has 9 heteroatoms. The van der Waals surface area contributed by atoms with E-state index in [-0.39, 0.29) is 5.69 Å². The maximum absolute atomic E-state index is 12.4. The van der Waals surface area contributed by atoms with Crippen LogP contribution in [0, 0.1) is 0 Å². The number of aromatic nitrogens is 2. The molecule has 0 aliphatic heterocycles. The van der Waals surface area contributed by atoms with Crippen LogP contribution in [0.1, 0.15) is 10.5 Å². The molecule has 0 spiro atoms. The number of furan rings is 1. The van der Waals surface area contributed by atoms with Gasteiger partial charge in [-0.3, -0.25) is 10.1 Å². The molecule has 0 aliphatic rings. The fourth-order valence-electron chi connectivity index (χ4n) is 2.42. The number of carbonyl (C=O) groups is 1. The van der Waals surface area contributed by atoms with E-state index in [1.165, 1.54) is 23.7 Å². The molecule has 26 heavy (non-hydrogen) atoms. The molecule has 4 aromatic rings. The van der Waals surface area contributed by atoms with Crippen molar-refractivity contribution in [3.8, 4) is 23.0 Å². The first-order valence-electron chi connectivity index (χ1n) is 7.53. The third-order valence-corrected chi connectivity index (χ3v) is 4.62. The number of hydrogen-bond acceptors (Lipinski definition) is 8. The van der Waals surface area contributed by atoms with Crippen LogP contribution in [0.15, 0.2) is 45.5 Å². The van der Waals surface area contributed by atoms with E-state index < -0.39 is 5.91 Å². The van der Waals surface area contributed by atoms with E-state index in [9.17, 15) is 4.79 Å². The topological polar surface area (TPSA) is 99.6 Å². The zero-order valence-electron chi connectivity index (χ0n) is 13.8. The number of methoxy groups -OCH3 is 2. The highest BCUT2D eigenvalue weighted by Crippen LogP contribution is 2.38. The second-order valence-corrected chi connectivity index (χ2v) is 6.17. The van der Waals surface area contributed by atoms with Gasteiger partial charge in [-0.25, -0.2) is 4.98 Å². The zero-order chi connectivity index (χ0) is 18.1. The van der Waals surface area contributed by atoms with Gasteiger partial charge in [0.1, 0.15) is 21.7 Å². The molecule has 0 aliphatic carbocycles. The second-order valence-electron chi connectivity index (χ2n) is 5.17. The van der Waals surface area contributed by atoms with Crippen LogP contribution in [-0.2, 0) is 0 Å². The van der Waals surface area contributed by atoms with E-state index in [2.05, 4.69) is 15.5 Å². The largest absolute Gasteiger partial charge is 0.495 e. The van der Waals surface area contributed by atoms with Gasteiger partial charge in [0.2, 0.25) is 5.76 Å². The van der Waals surface area contributed by atoms with Crippen molar-refractivity contribution >= 4 is 32.6 Å². The number of nitrogens with zero attached hydrogens (tertiary/aromatic N) is 2. The SMILES string of the molecule is COc1ccc(OC)c2sc(NC(=O)c3cc(-c4ccco4)on3)nc12. The van der Waals surface area contributed by atoms with Gasteiger partial charge in [-0.2, -0.15) is 0 Å². The third-order valence-electron chi connectivity index (χ3n) is 3.64. The van der Waals surface area contributed by atoms with Crippen molar-refractivity contribution in [2.24, 2.45) is 0 Å². The Hall–Kier alpha value is -3.33. The Morgan fingerprint density at radius 2 is 1.96 bits per heavy atom.